The first-order chi connectivity index (χ1) is 13.7. The minimum atomic E-state index is 0.431. The molecular weight excluding hydrogens is 352 g/mol. The second kappa shape index (κ2) is 10.1. The molecule has 0 aliphatic carbocycles. The number of hydrogen-bond acceptors (Lipinski definition) is 5. The van der Waals surface area contributed by atoms with Gasteiger partial charge in [0.15, 0.2) is 5.96 Å². The second-order valence-corrected chi connectivity index (χ2v) is 7.10. The van der Waals surface area contributed by atoms with Gasteiger partial charge in [-0.3, -0.25) is 4.99 Å². The van der Waals surface area contributed by atoms with E-state index in [-0.39, 0.29) is 0 Å². The summed E-state index contributed by atoms with van der Waals surface area (Å²) >= 11 is 0. The number of rotatable bonds is 7. The lowest BCUT2D eigenvalue weighted by atomic mass is 10.1. The third-order valence-electron chi connectivity index (χ3n) is 5.00. The highest BCUT2D eigenvalue weighted by atomic mass is 15.3. The number of anilines is 1. The van der Waals surface area contributed by atoms with Crippen molar-refractivity contribution in [2.24, 2.45) is 4.99 Å². The molecule has 2 aromatic heterocycles. The molecule has 0 atom stereocenters. The molecule has 0 aromatic carbocycles. The summed E-state index contributed by atoms with van der Waals surface area (Å²) in [5, 5.41) is 15.1. The van der Waals surface area contributed by atoms with Crippen LogP contribution in [-0.4, -0.2) is 57.9 Å². The van der Waals surface area contributed by atoms with Crippen LogP contribution in [0.1, 0.15) is 38.2 Å². The maximum atomic E-state index is 4.74. The fourth-order valence-corrected chi connectivity index (χ4v) is 3.48. The maximum Gasteiger partial charge on any atom is 0.191 e. The summed E-state index contributed by atoms with van der Waals surface area (Å²) in [6, 6.07) is 6.65. The van der Waals surface area contributed by atoms with Crippen LogP contribution in [0.5, 0.6) is 0 Å². The van der Waals surface area contributed by atoms with Crippen molar-refractivity contribution in [3.8, 4) is 0 Å². The van der Waals surface area contributed by atoms with Crippen molar-refractivity contribution in [3.63, 3.8) is 0 Å². The number of hydrogen-bond donors (Lipinski definition) is 2. The van der Waals surface area contributed by atoms with Gasteiger partial charge in [0, 0.05) is 44.3 Å². The molecule has 2 N–H and O–H groups in total. The number of aliphatic imine (C=N–C) groups is 1. The van der Waals surface area contributed by atoms with Gasteiger partial charge in [0.2, 0.25) is 0 Å². The van der Waals surface area contributed by atoms with E-state index in [4.69, 9.17) is 4.99 Å². The van der Waals surface area contributed by atoms with Gasteiger partial charge in [-0.25, -0.2) is 4.98 Å². The Hall–Kier alpha value is -2.64. The smallest absolute Gasteiger partial charge is 0.191 e. The fraction of sp³-hybridized carbons (Fsp3) is 0.600. The van der Waals surface area contributed by atoms with E-state index in [2.05, 4.69) is 61.3 Å². The number of nitrogens with zero attached hydrogens (tertiary/aromatic N) is 6. The molecule has 0 amide bonds. The van der Waals surface area contributed by atoms with Crippen molar-refractivity contribution in [1.82, 2.24) is 30.4 Å². The third kappa shape index (κ3) is 5.43. The lowest BCUT2D eigenvalue weighted by Gasteiger charge is -2.34. The van der Waals surface area contributed by atoms with Gasteiger partial charge in [0.1, 0.15) is 18.0 Å². The first-order valence-electron chi connectivity index (χ1n) is 10.3. The van der Waals surface area contributed by atoms with Crippen molar-refractivity contribution in [2.75, 3.05) is 31.1 Å². The number of piperidine rings is 1. The third-order valence-corrected chi connectivity index (χ3v) is 5.00. The molecule has 8 heteroatoms. The quantitative estimate of drug-likeness (QED) is 0.559. The van der Waals surface area contributed by atoms with E-state index in [0.717, 1.165) is 68.7 Å². The van der Waals surface area contributed by atoms with E-state index in [1.54, 1.807) is 6.33 Å². The molecule has 8 nitrogen and oxygen atoms in total. The zero-order chi connectivity index (χ0) is 19.8. The number of aromatic nitrogens is 4. The number of guanidine groups is 1. The van der Waals surface area contributed by atoms with E-state index in [1.807, 2.05) is 13.0 Å². The van der Waals surface area contributed by atoms with Crippen LogP contribution in [0.3, 0.4) is 0 Å². The zero-order valence-corrected chi connectivity index (χ0v) is 17.2. The average Bonchev–Trinajstić information content (AvgIpc) is 3.16. The lowest BCUT2D eigenvalue weighted by Crippen LogP contribution is -2.49. The molecule has 0 unspecified atom stereocenters. The molecule has 0 bridgehead atoms. The van der Waals surface area contributed by atoms with Crippen molar-refractivity contribution in [2.45, 2.75) is 52.6 Å². The van der Waals surface area contributed by atoms with Crippen molar-refractivity contribution < 1.29 is 0 Å². The van der Waals surface area contributed by atoms with Gasteiger partial charge in [-0.2, -0.15) is 0 Å². The predicted octanol–water partition coefficient (Wildman–Crippen LogP) is 1.77. The standard InChI is InChI=1S/C20H32N8/c1-4-18-26-23-15-28(18)14-11-22-20(21-5-2)25-17-9-12-27(13-10-17)19-8-6-7-16(3)24-19/h6-8,15,17H,4-5,9-14H2,1-3H3,(H2,21,22,25). The Morgan fingerprint density at radius 3 is 2.79 bits per heavy atom. The van der Waals surface area contributed by atoms with Gasteiger partial charge in [0.25, 0.3) is 0 Å². The molecule has 2 aromatic rings. The summed E-state index contributed by atoms with van der Waals surface area (Å²) in [7, 11) is 0. The predicted molar refractivity (Wildman–Crippen MR) is 113 cm³/mol. The van der Waals surface area contributed by atoms with E-state index >= 15 is 0 Å². The highest BCUT2D eigenvalue weighted by Crippen LogP contribution is 2.18. The van der Waals surface area contributed by atoms with Crippen molar-refractivity contribution >= 4 is 11.8 Å². The summed E-state index contributed by atoms with van der Waals surface area (Å²) < 4.78 is 2.07. The van der Waals surface area contributed by atoms with Crippen LogP contribution in [0.25, 0.3) is 0 Å². The number of pyridine rings is 1. The van der Waals surface area contributed by atoms with Crippen LogP contribution in [0, 0.1) is 6.92 Å². The maximum absolute atomic E-state index is 4.74. The Morgan fingerprint density at radius 2 is 2.07 bits per heavy atom. The normalized spacial score (nSPS) is 15.7. The van der Waals surface area contributed by atoms with Crippen LogP contribution >= 0.6 is 0 Å². The summed E-state index contributed by atoms with van der Waals surface area (Å²) in [6.45, 7) is 10.6. The molecule has 1 aliphatic rings. The van der Waals surface area contributed by atoms with E-state index in [1.165, 1.54) is 0 Å². The Balaban J connectivity index is 1.50. The minimum absolute atomic E-state index is 0.431. The monoisotopic (exact) mass is 384 g/mol. The molecule has 0 spiro atoms. The van der Waals surface area contributed by atoms with Crippen molar-refractivity contribution in [1.29, 1.82) is 0 Å². The summed E-state index contributed by atoms with van der Waals surface area (Å²) in [4.78, 5) is 11.8. The Labute approximate surface area is 167 Å². The van der Waals surface area contributed by atoms with Crippen LogP contribution in [0.15, 0.2) is 29.5 Å². The zero-order valence-electron chi connectivity index (χ0n) is 17.2. The fourth-order valence-electron chi connectivity index (χ4n) is 3.48. The van der Waals surface area contributed by atoms with Gasteiger partial charge >= 0.3 is 0 Å². The lowest BCUT2D eigenvalue weighted by molar-refractivity contribution is 0.459. The number of nitrogens with one attached hydrogen (secondary N) is 2. The molecule has 1 saturated heterocycles. The number of aryl methyl sites for hydroxylation is 2. The Kier molecular flexibility index (Phi) is 7.22. The van der Waals surface area contributed by atoms with Gasteiger partial charge in [-0.15, -0.1) is 10.2 Å². The average molecular weight is 385 g/mol. The van der Waals surface area contributed by atoms with E-state index < -0.39 is 0 Å². The van der Waals surface area contributed by atoms with Gasteiger partial charge in [0.05, 0.1) is 6.54 Å². The van der Waals surface area contributed by atoms with Crippen LogP contribution in [0.2, 0.25) is 0 Å². The largest absolute Gasteiger partial charge is 0.357 e. The summed E-state index contributed by atoms with van der Waals surface area (Å²) in [6.07, 6.45) is 4.82. The first-order valence-corrected chi connectivity index (χ1v) is 10.3. The van der Waals surface area contributed by atoms with Crippen LogP contribution in [0.4, 0.5) is 5.82 Å². The molecule has 28 heavy (non-hydrogen) atoms. The van der Waals surface area contributed by atoms with Gasteiger partial charge in [-0.05, 0) is 38.8 Å². The molecule has 152 valence electrons. The summed E-state index contributed by atoms with van der Waals surface area (Å²) in [5.74, 6) is 2.98. The van der Waals surface area contributed by atoms with E-state index in [0.29, 0.717) is 12.6 Å². The van der Waals surface area contributed by atoms with Gasteiger partial charge in [-0.1, -0.05) is 13.0 Å². The molecule has 3 heterocycles. The molecule has 1 fully saturated rings. The minimum Gasteiger partial charge on any atom is -0.357 e. The molecule has 3 rings (SSSR count). The topological polar surface area (TPSA) is 83.3 Å². The van der Waals surface area contributed by atoms with Crippen molar-refractivity contribution in [3.05, 3.63) is 36.0 Å². The van der Waals surface area contributed by atoms with Gasteiger partial charge < -0.3 is 20.1 Å². The Bertz CT molecular complexity index is 761. The first kappa shape index (κ1) is 20.1. The second-order valence-electron chi connectivity index (χ2n) is 7.10. The molecule has 1 aliphatic heterocycles. The van der Waals surface area contributed by atoms with Crippen LogP contribution in [-0.2, 0) is 13.0 Å². The highest BCUT2D eigenvalue weighted by Gasteiger charge is 2.20. The van der Waals surface area contributed by atoms with Crippen LogP contribution < -0.4 is 15.5 Å². The molecule has 0 radical (unpaired) electrons. The molecular formula is C20H32N8. The van der Waals surface area contributed by atoms with E-state index in [9.17, 15) is 0 Å². The molecule has 0 saturated carbocycles. The SMILES string of the molecule is CCNC(=NCCn1cnnc1CC)NC1CCN(c2cccc(C)n2)CC1. The summed E-state index contributed by atoms with van der Waals surface area (Å²) in [5.41, 5.74) is 1.07. The highest BCUT2D eigenvalue weighted by molar-refractivity contribution is 5.80. The Morgan fingerprint density at radius 1 is 1.25 bits per heavy atom.